The summed E-state index contributed by atoms with van der Waals surface area (Å²) in [6.45, 7) is -0.157. The molecule has 0 bridgehead atoms. The number of aromatic nitrogens is 1. The Bertz CT molecular complexity index is 709. The number of aliphatic hydroxyl groups is 1. The third kappa shape index (κ3) is 2.81. The highest BCUT2D eigenvalue weighted by atomic mass is 79.9. The molecule has 4 nitrogen and oxygen atoms in total. The van der Waals surface area contributed by atoms with E-state index >= 15 is 0 Å². The molecule has 2 N–H and O–H groups in total. The molecule has 0 saturated heterocycles. The molecule has 0 radical (unpaired) electrons. The molecule has 0 unspecified atom stereocenters. The fourth-order valence-corrected chi connectivity index (χ4v) is 3.63. The molecule has 0 fully saturated rings. The van der Waals surface area contributed by atoms with Gasteiger partial charge in [0.2, 0.25) is 5.88 Å². The molecule has 116 valence electrons. The fourth-order valence-electron chi connectivity index (χ4n) is 2.83. The van der Waals surface area contributed by atoms with Crippen LogP contribution in [0.4, 0.5) is 5.82 Å². The summed E-state index contributed by atoms with van der Waals surface area (Å²) in [6, 6.07) is 8.07. The number of anilines is 1. The molecule has 0 amide bonds. The van der Waals surface area contributed by atoms with Crippen molar-refractivity contribution in [2.24, 2.45) is 0 Å². The van der Waals surface area contributed by atoms with Gasteiger partial charge in [-0.2, -0.15) is 4.98 Å². The predicted octanol–water partition coefficient (Wildman–Crippen LogP) is 4.10. The van der Waals surface area contributed by atoms with Gasteiger partial charge in [0.05, 0.1) is 24.8 Å². The number of hydrogen-bond donors (Lipinski definition) is 2. The van der Waals surface area contributed by atoms with Crippen molar-refractivity contribution in [1.29, 1.82) is 0 Å². The highest BCUT2D eigenvalue weighted by Gasteiger charge is 2.25. The topological polar surface area (TPSA) is 54.4 Å². The Hall–Kier alpha value is -1.30. The number of aliphatic hydroxyl groups excluding tert-OH is 1. The van der Waals surface area contributed by atoms with E-state index in [1.165, 1.54) is 18.2 Å². The normalized spacial score (nSPS) is 16.5. The lowest BCUT2D eigenvalue weighted by molar-refractivity contribution is 0.271. The standard InChI is InChI=1S/C16H16BrClN2O2/c1-22-16-9(8-21)7-13(18)15(20-16)19-14-6-5-10-11(14)3-2-4-12(10)17/h2-4,7,14,21H,5-6,8H2,1H3,(H,19,20)/t14-/m0/s1. The Morgan fingerprint density at radius 1 is 1.50 bits per heavy atom. The second kappa shape index (κ2) is 6.44. The number of fused-ring (bicyclic) bond motifs is 1. The lowest BCUT2D eigenvalue weighted by Crippen LogP contribution is -2.10. The van der Waals surface area contributed by atoms with Gasteiger partial charge in [-0.25, -0.2) is 0 Å². The first-order valence-corrected chi connectivity index (χ1v) is 8.19. The molecule has 1 aromatic carbocycles. The van der Waals surface area contributed by atoms with Crippen molar-refractivity contribution >= 4 is 33.3 Å². The van der Waals surface area contributed by atoms with Gasteiger partial charge in [0, 0.05) is 10.0 Å². The van der Waals surface area contributed by atoms with Crippen molar-refractivity contribution in [3.8, 4) is 5.88 Å². The Morgan fingerprint density at radius 3 is 3.05 bits per heavy atom. The van der Waals surface area contributed by atoms with Crippen LogP contribution in [0, 0.1) is 0 Å². The maximum absolute atomic E-state index is 9.31. The van der Waals surface area contributed by atoms with Crippen molar-refractivity contribution in [1.82, 2.24) is 4.98 Å². The van der Waals surface area contributed by atoms with Crippen LogP contribution in [0.5, 0.6) is 5.88 Å². The molecular weight excluding hydrogens is 368 g/mol. The van der Waals surface area contributed by atoms with E-state index in [4.69, 9.17) is 16.3 Å². The number of hydrogen-bond acceptors (Lipinski definition) is 4. The monoisotopic (exact) mass is 382 g/mol. The van der Waals surface area contributed by atoms with Crippen LogP contribution >= 0.6 is 27.5 Å². The maximum Gasteiger partial charge on any atom is 0.220 e. The first kappa shape index (κ1) is 15.6. The molecule has 0 aliphatic heterocycles. The van der Waals surface area contributed by atoms with Gasteiger partial charge in [0.1, 0.15) is 5.82 Å². The number of halogens is 2. The summed E-state index contributed by atoms with van der Waals surface area (Å²) >= 11 is 9.87. The molecule has 0 saturated carbocycles. The van der Waals surface area contributed by atoms with Gasteiger partial charge in [0.15, 0.2) is 0 Å². The van der Waals surface area contributed by atoms with Crippen LogP contribution in [0.3, 0.4) is 0 Å². The number of methoxy groups -OCH3 is 1. The number of ether oxygens (including phenoxy) is 1. The quantitative estimate of drug-likeness (QED) is 0.834. The summed E-state index contributed by atoms with van der Waals surface area (Å²) < 4.78 is 6.35. The van der Waals surface area contributed by atoms with Crippen LogP contribution in [-0.4, -0.2) is 17.2 Å². The summed E-state index contributed by atoms with van der Waals surface area (Å²) in [5, 5.41) is 13.2. The molecule has 1 aliphatic rings. The van der Waals surface area contributed by atoms with E-state index in [-0.39, 0.29) is 12.6 Å². The van der Waals surface area contributed by atoms with Crippen LogP contribution in [0.2, 0.25) is 5.02 Å². The zero-order chi connectivity index (χ0) is 15.7. The lowest BCUT2D eigenvalue weighted by atomic mass is 10.1. The number of pyridine rings is 1. The van der Waals surface area contributed by atoms with E-state index in [2.05, 4.69) is 38.4 Å². The van der Waals surface area contributed by atoms with E-state index in [1.54, 1.807) is 6.07 Å². The largest absolute Gasteiger partial charge is 0.481 e. The summed E-state index contributed by atoms with van der Waals surface area (Å²) in [6.07, 6.45) is 2.00. The average molecular weight is 384 g/mol. The third-order valence-electron chi connectivity index (χ3n) is 3.90. The van der Waals surface area contributed by atoms with Gasteiger partial charge in [-0.3, -0.25) is 0 Å². The average Bonchev–Trinajstić information content (AvgIpc) is 2.93. The molecule has 3 rings (SSSR count). The Labute approximate surface area is 142 Å². The van der Waals surface area contributed by atoms with Crippen LogP contribution in [-0.2, 0) is 13.0 Å². The molecule has 1 aromatic heterocycles. The van der Waals surface area contributed by atoms with Gasteiger partial charge in [0.25, 0.3) is 0 Å². The minimum Gasteiger partial charge on any atom is -0.481 e. The first-order valence-electron chi connectivity index (χ1n) is 7.02. The molecule has 6 heteroatoms. The second-order valence-corrected chi connectivity index (χ2v) is 6.45. The summed E-state index contributed by atoms with van der Waals surface area (Å²) in [5.74, 6) is 0.968. The van der Waals surface area contributed by atoms with Gasteiger partial charge < -0.3 is 15.2 Å². The van der Waals surface area contributed by atoms with E-state index in [9.17, 15) is 5.11 Å². The Balaban J connectivity index is 1.91. The molecule has 1 atom stereocenters. The van der Waals surface area contributed by atoms with Crippen LogP contribution < -0.4 is 10.1 Å². The Morgan fingerprint density at radius 2 is 2.32 bits per heavy atom. The molecule has 22 heavy (non-hydrogen) atoms. The summed E-state index contributed by atoms with van der Waals surface area (Å²) in [4.78, 5) is 4.38. The fraction of sp³-hybridized carbons (Fsp3) is 0.312. The lowest BCUT2D eigenvalue weighted by Gasteiger charge is -2.17. The van der Waals surface area contributed by atoms with Crippen LogP contribution in [0.15, 0.2) is 28.7 Å². The number of rotatable bonds is 4. The Kier molecular flexibility index (Phi) is 4.57. The van der Waals surface area contributed by atoms with Gasteiger partial charge in [-0.05, 0) is 36.1 Å². The summed E-state index contributed by atoms with van der Waals surface area (Å²) in [5.41, 5.74) is 3.17. The van der Waals surface area contributed by atoms with E-state index in [0.29, 0.717) is 22.3 Å². The van der Waals surface area contributed by atoms with Gasteiger partial charge in [-0.15, -0.1) is 0 Å². The zero-order valence-corrected chi connectivity index (χ0v) is 14.4. The van der Waals surface area contributed by atoms with Crippen molar-refractivity contribution in [3.63, 3.8) is 0 Å². The van der Waals surface area contributed by atoms with E-state index < -0.39 is 0 Å². The van der Waals surface area contributed by atoms with E-state index in [1.807, 2.05) is 6.07 Å². The van der Waals surface area contributed by atoms with Crippen molar-refractivity contribution in [2.75, 3.05) is 12.4 Å². The van der Waals surface area contributed by atoms with Gasteiger partial charge in [-0.1, -0.05) is 39.7 Å². The molecule has 1 heterocycles. The minimum atomic E-state index is -0.157. The number of nitrogens with zero attached hydrogens (tertiary/aromatic N) is 1. The second-order valence-electron chi connectivity index (χ2n) is 5.19. The SMILES string of the molecule is COc1nc(N[C@H]2CCc3c(Br)cccc32)c(Cl)cc1CO. The number of nitrogens with one attached hydrogen (secondary N) is 1. The molecule has 2 aromatic rings. The zero-order valence-electron chi connectivity index (χ0n) is 12.1. The van der Waals surface area contributed by atoms with Gasteiger partial charge >= 0.3 is 0 Å². The highest BCUT2D eigenvalue weighted by molar-refractivity contribution is 9.10. The molecule has 0 spiro atoms. The first-order chi connectivity index (χ1) is 10.6. The van der Waals surface area contributed by atoms with Crippen LogP contribution in [0.25, 0.3) is 0 Å². The summed E-state index contributed by atoms with van der Waals surface area (Å²) in [7, 11) is 1.53. The maximum atomic E-state index is 9.31. The van der Waals surface area contributed by atoms with Crippen molar-refractivity contribution in [2.45, 2.75) is 25.5 Å². The minimum absolute atomic E-state index is 0.157. The third-order valence-corrected chi connectivity index (χ3v) is 4.93. The predicted molar refractivity (Wildman–Crippen MR) is 90.5 cm³/mol. The van der Waals surface area contributed by atoms with Crippen molar-refractivity contribution < 1.29 is 9.84 Å². The van der Waals surface area contributed by atoms with Crippen molar-refractivity contribution in [3.05, 3.63) is 50.5 Å². The molecule has 1 aliphatic carbocycles. The molecular formula is C16H16BrClN2O2. The number of benzene rings is 1. The smallest absolute Gasteiger partial charge is 0.220 e. The highest BCUT2D eigenvalue weighted by Crippen LogP contribution is 2.39. The van der Waals surface area contributed by atoms with E-state index in [0.717, 1.165) is 17.3 Å². The van der Waals surface area contributed by atoms with Crippen LogP contribution in [0.1, 0.15) is 29.2 Å².